The topological polar surface area (TPSA) is 94.6 Å². The average Bonchev–Trinajstić information content (AvgIpc) is 3.46. The van der Waals surface area contributed by atoms with Crippen molar-refractivity contribution >= 4 is 11.7 Å². The van der Waals surface area contributed by atoms with Gasteiger partial charge in [0, 0.05) is 12.5 Å². The number of amides is 1. The van der Waals surface area contributed by atoms with Gasteiger partial charge in [0.1, 0.15) is 24.1 Å². The highest BCUT2D eigenvalue weighted by atomic mass is 19.4. The van der Waals surface area contributed by atoms with Crippen LogP contribution in [0.2, 0.25) is 0 Å². The van der Waals surface area contributed by atoms with Crippen LogP contribution in [0.4, 0.5) is 19.0 Å². The minimum atomic E-state index is -4.59. The van der Waals surface area contributed by atoms with Crippen molar-refractivity contribution in [3.63, 3.8) is 0 Å². The molecule has 33 heavy (non-hydrogen) atoms. The summed E-state index contributed by atoms with van der Waals surface area (Å²) >= 11 is 0. The van der Waals surface area contributed by atoms with E-state index in [0.717, 1.165) is 19.3 Å². The molecule has 3 unspecified atom stereocenters. The van der Waals surface area contributed by atoms with Crippen LogP contribution >= 0.6 is 0 Å². The highest BCUT2D eigenvalue weighted by Gasteiger charge is 2.52. The van der Waals surface area contributed by atoms with Gasteiger partial charge in [0.25, 0.3) is 0 Å². The van der Waals surface area contributed by atoms with Crippen molar-refractivity contribution in [2.75, 3.05) is 18.5 Å². The number of aromatic nitrogens is 2. The maximum absolute atomic E-state index is 13.0. The van der Waals surface area contributed by atoms with E-state index in [1.54, 1.807) is 13.8 Å². The van der Waals surface area contributed by atoms with Crippen LogP contribution in [-0.4, -0.2) is 59.2 Å². The number of hydrogen-bond acceptors (Lipinski definition) is 7. The Bertz CT molecular complexity index is 899. The number of rotatable bonds is 5. The molecule has 7 atom stereocenters. The minimum absolute atomic E-state index is 0.0199. The van der Waals surface area contributed by atoms with Crippen molar-refractivity contribution in [1.29, 1.82) is 0 Å². The Morgan fingerprint density at radius 3 is 2.67 bits per heavy atom. The lowest BCUT2D eigenvalue weighted by molar-refractivity contribution is -0.153. The molecule has 182 valence electrons. The fourth-order valence-corrected chi connectivity index (χ4v) is 5.79. The quantitative estimate of drug-likeness (QED) is 0.683. The van der Waals surface area contributed by atoms with Crippen molar-refractivity contribution in [3.05, 3.63) is 18.1 Å². The van der Waals surface area contributed by atoms with Crippen molar-refractivity contribution < 1.29 is 32.2 Å². The first kappa shape index (κ1) is 22.8. The monoisotopic (exact) mass is 470 g/mol. The molecular weight excluding hydrogens is 441 g/mol. The van der Waals surface area contributed by atoms with E-state index in [9.17, 15) is 18.0 Å². The predicted octanol–water partition coefficient (Wildman–Crippen LogP) is 2.75. The van der Waals surface area contributed by atoms with Gasteiger partial charge in [-0.15, -0.1) is 0 Å². The molecule has 2 aliphatic heterocycles. The lowest BCUT2D eigenvalue weighted by Gasteiger charge is -2.37. The Hall–Kier alpha value is -1.98. The molecule has 2 saturated carbocycles. The lowest BCUT2D eigenvalue weighted by Crippen LogP contribution is -2.57. The molecule has 8 nitrogen and oxygen atoms in total. The van der Waals surface area contributed by atoms with E-state index >= 15 is 0 Å². The lowest BCUT2D eigenvalue weighted by atomic mass is 9.88. The van der Waals surface area contributed by atoms with Gasteiger partial charge in [0.2, 0.25) is 5.91 Å². The summed E-state index contributed by atoms with van der Waals surface area (Å²) in [5, 5.41) is 6.00. The first-order chi connectivity index (χ1) is 15.6. The predicted molar refractivity (Wildman–Crippen MR) is 110 cm³/mol. The number of nitrogens with zero attached hydrogens (tertiary/aromatic N) is 2. The first-order valence-corrected chi connectivity index (χ1v) is 11.5. The molecule has 2 bridgehead atoms. The zero-order chi connectivity index (χ0) is 23.4. The Morgan fingerprint density at radius 1 is 1.18 bits per heavy atom. The smallest absolute Gasteiger partial charge is 0.371 e. The highest BCUT2D eigenvalue weighted by Crippen LogP contribution is 2.48. The van der Waals surface area contributed by atoms with Gasteiger partial charge in [-0.25, -0.2) is 4.98 Å². The zero-order valence-electron chi connectivity index (χ0n) is 18.6. The second-order valence-corrected chi connectivity index (χ2v) is 10.0. The third-order valence-corrected chi connectivity index (χ3v) is 7.23. The Balaban J connectivity index is 1.23. The van der Waals surface area contributed by atoms with Crippen LogP contribution in [0, 0.1) is 17.8 Å². The molecule has 2 saturated heterocycles. The molecule has 2 aliphatic carbocycles. The van der Waals surface area contributed by atoms with Gasteiger partial charge in [-0.2, -0.15) is 13.2 Å². The van der Waals surface area contributed by atoms with Crippen molar-refractivity contribution in [1.82, 2.24) is 15.3 Å². The third kappa shape index (κ3) is 4.67. The standard InChI is InChI=1S/C22H29F3N4O4/c1-21(2)32-18-14(28-17-9-26-8-16(29-17)22(23,24)25)10-31-15(19(18)33-21)7-27-20(30)13-6-11-3-4-12(13)5-11/h8-9,11-15,18-19H,3-7,10H2,1-2H3,(H,27,30)(H,28,29)/t11?,12?,13?,14-,15+,18+,19-/m0/s1. The number of anilines is 1. The molecular formula is C22H29F3N4O4. The normalized spacial score (nSPS) is 37.1. The Labute approximate surface area is 190 Å². The fraction of sp³-hybridized carbons (Fsp3) is 0.773. The van der Waals surface area contributed by atoms with E-state index in [1.165, 1.54) is 12.6 Å². The first-order valence-electron chi connectivity index (χ1n) is 11.5. The molecule has 1 aromatic rings. The number of nitrogens with one attached hydrogen (secondary N) is 2. The van der Waals surface area contributed by atoms with E-state index in [2.05, 4.69) is 20.6 Å². The van der Waals surface area contributed by atoms with Crippen molar-refractivity contribution in [2.24, 2.45) is 17.8 Å². The molecule has 3 heterocycles. The molecule has 0 aromatic carbocycles. The number of hydrogen-bond donors (Lipinski definition) is 2. The van der Waals surface area contributed by atoms with Crippen LogP contribution in [0.15, 0.2) is 12.4 Å². The van der Waals surface area contributed by atoms with Crippen molar-refractivity contribution in [2.45, 2.75) is 75.8 Å². The van der Waals surface area contributed by atoms with E-state index in [0.29, 0.717) is 24.6 Å². The van der Waals surface area contributed by atoms with Gasteiger partial charge >= 0.3 is 6.18 Å². The summed E-state index contributed by atoms with van der Waals surface area (Å²) in [4.78, 5) is 20.0. The maximum Gasteiger partial charge on any atom is 0.434 e. The maximum atomic E-state index is 13.0. The fourth-order valence-electron chi connectivity index (χ4n) is 5.79. The van der Waals surface area contributed by atoms with E-state index < -0.39 is 42.0 Å². The molecule has 2 N–H and O–H groups in total. The van der Waals surface area contributed by atoms with Gasteiger partial charge in [0.15, 0.2) is 11.5 Å². The van der Waals surface area contributed by atoms with E-state index in [4.69, 9.17) is 14.2 Å². The molecule has 1 amide bonds. The number of fused-ring (bicyclic) bond motifs is 3. The van der Waals surface area contributed by atoms with Gasteiger partial charge in [-0.3, -0.25) is 9.78 Å². The van der Waals surface area contributed by atoms with Gasteiger partial charge in [-0.05, 0) is 44.9 Å². The van der Waals surface area contributed by atoms with Crippen LogP contribution in [-0.2, 0) is 25.2 Å². The van der Waals surface area contributed by atoms with Crippen molar-refractivity contribution in [3.8, 4) is 0 Å². The number of ether oxygens (including phenoxy) is 3. The number of carbonyl (C=O) groups is 1. The SMILES string of the molecule is CC1(C)O[C@@H]2[C@H](O1)[C@@H](Nc1cncc(C(F)(F)F)n1)CO[C@@H]2CNC(=O)C1CC2CCC1C2. The molecule has 11 heteroatoms. The summed E-state index contributed by atoms with van der Waals surface area (Å²) in [6.45, 7) is 4.01. The van der Waals surface area contributed by atoms with Crippen LogP contribution in [0.25, 0.3) is 0 Å². The Kier molecular flexibility index (Phi) is 5.77. The van der Waals surface area contributed by atoms with Crippen LogP contribution in [0.5, 0.6) is 0 Å². The molecule has 0 radical (unpaired) electrons. The largest absolute Gasteiger partial charge is 0.434 e. The second kappa shape index (κ2) is 8.35. The molecule has 4 aliphatic rings. The molecule has 4 fully saturated rings. The number of alkyl halides is 3. The number of halogens is 3. The van der Waals surface area contributed by atoms with Gasteiger partial charge in [0.05, 0.1) is 25.0 Å². The van der Waals surface area contributed by atoms with Crippen LogP contribution < -0.4 is 10.6 Å². The minimum Gasteiger partial charge on any atom is -0.371 e. The molecule has 0 spiro atoms. The van der Waals surface area contributed by atoms with Gasteiger partial charge < -0.3 is 24.8 Å². The van der Waals surface area contributed by atoms with E-state index in [1.807, 2.05) is 0 Å². The molecule has 1 aromatic heterocycles. The van der Waals surface area contributed by atoms with Crippen LogP contribution in [0.3, 0.4) is 0 Å². The molecule has 5 rings (SSSR count). The summed E-state index contributed by atoms with van der Waals surface area (Å²) in [5.41, 5.74) is -1.08. The second-order valence-electron chi connectivity index (χ2n) is 10.0. The zero-order valence-corrected chi connectivity index (χ0v) is 18.6. The summed E-state index contributed by atoms with van der Waals surface area (Å²) in [5.74, 6) is 0.402. The summed E-state index contributed by atoms with van der Waals surface area (Å²) < 4.78 is 57.1. The third-order valence-electron chi connectivity index (χ3n) is 7.23. The van der Waals surface area contributed by atoms with Crippen LogP contribution in [0.1, 0.15) is 45.2 Å². The highest BCUT2D eigenvalue weighted by molar-refractivity contribution is 5.79. The summed E-state index contributed by atoms with van der Waals surface area (Å²) in [6.07, 6.45) is 0.382. The summed E-state index contributed by atoms with van der Waals surface area (Å²) in [6, 6.07) is -0.493. The van der Waals surface area contributed by atoms with E-state index in [-0.39, 0.29) is 24.2 Å². The summed E-state index contributed by atoms with van der Waals surface area (Å²) in [7, 11) is 0. The Morgan fingerprint density at radius 2 is 1.97 bits per heavy atom. The average molecular weight is 470 g/mol. The number of carbonyl (C=O) groups excluding carboxylic acids is 1. The van der Waals surface area contributed by atoms with Gasteiger partial charge in [-0.1, -0.05) is 6.42 Å².